The second-order valence-corrected chi connectivity index (χ2v) is 7.59. The highest BCUT2D eigenvalue weighted by Crippen LogP contribution is 2.04. The number of rotatable bonds is 9. The zero-order valence-corrected chi connectivity index (χ0v) is 11.9. The average molecular weight is 249 g/mol. The molecule has 0 aliphatic rings. The maximum atomic E-state index is 11.6. The predicted molar refractivity (Wildman–Crippen MR) is 70.4 cm³/mol. The van der Waals surface area contributed by atoms with Gasteiger partial charge in [0.1, 0.15) is 9.84 Å². The minimum absolute atomic E-state index is 0.324. The van der Waals surface area contributed by atoms with E-state index in [4.69, 9.17) is 0 Å². The van der Waals surface area contributed by atoms with Crippen molar-refractivity contribution in [2.75, 3.05) is 24.6 Å². The summed E-state index contributed by atoms with van der Waals surface area (Å²) in [4.78, 5) is 0. The first kappa shape index (κ1) is 15.9. The molecule has 0 aromatic carbocycles. The first-order valence-corrected chi connectivity index (χ1v) is 8.07. The second-order valence-electron chi connectivity index (χ2n) is 5.29. The Hall–Kier alpha value is -0.0900. The molecule has 3 nitrogen and oxygen atoms in total. The van der Waals surface area contributed by atoms with E-state index < -0.39 is 9.84 Å². The third kappa shape index (κ3) is 10.4. The Kier molecular flexibility index (Phi) is 8.02. The van der Waals surface area contributed by atoms with E-state index in [2.05, 4.69) is 33.0 Å². The smallest absolute Gasteiger partial charge is 0.150 e. The topological polar surface area (TPSA) is 46.2 Å². The van der Waals surface area contributed by atoms with Crippen LogP contribution in [0, 0.1) is 11.8 Å². The van der Waals surface area contributed by atoms with Gasteiger partial charge >= 0.3 is 0 Å². The summed E-state index contributed by atoms with van der Waals surface area (Å²) >= 11 is 0. The van der Waals surface area contributed by atoms with Crippen molar-refractivity contribution in [1.29, 1.82) is 0 Å². The van der Waals surface area contributed by atoms with Crippen molar-refractivity contribution < 1.29 is 8.42 Å². The number of hydrogen-bond donors (Lipinski definition) is 1. The van der Waals surface area contributed by atoms with Gasteiger partial charge in [-0.2, -0.15) is 0 Å². The molecular weight excluding hydrogens is 222 g/mol. The van der Waals surface area contributed by atoms with Gasteiger partial charge in [-0.15, -0.1) is 0 Å². The number of hydrogen-bond acceptors (Lipinski definition) is 3. The van der Waals surface area contributed by atoms with Crippen molar-refractivity contribution in [2.24, 2.45) is 11.8 Å². The maximum Gasteiger partial charge on any atom is 0.150 e. The fraction of sp³-hybridized carbons (Fsp3) is 1.00. The van der Waals surface area contributed by atoms with Crippen molar-refractivity contribution in [1.82, 2.24) is 5.32 Å². The fourth-order valence-electron chi connectivity index (χ4n) is 1.33. The number of nitrogens with one attached hydrogen (secondary N) is 1. The van der Waals surface area contributed by atoms with Crippen LogP contribution in [-0.2, 0) is 9.84 Å². The minimum Gasteiger partial charge on any atom is -0.316 e. The molecule has 0 atom stereocenters. The molecule has 0 saturated carbocycles. The Balaban J connectivity index is 3.59. The molecule has 0 saturated heterocycles. The summed E-state index contributed by atoms with van der Waals surface area (Å²) in [7, 11) is -2.82. The van der Waals surface area contributed by atoms with Gasteiger partial charge in [0.05, 0.1) is 11.5 Å². The van der Waals surface area contributed by atoms with E-state index in [-0.39, 0.29) is 0 Å². The van der Waals surface area contributed by atoms with Crippen LogP contribution in [0.2, 0.25) is 0 Å². The van der Waals surface area contributed by atoms with Crippen LogP contribution in [0.5, 0.6) is 0 Å². The van der Waals surface area contributed by atoms with Gasteiger partial charge in [-0.05, 0) is 37.8 Å². The zero-order chi connectivity index (χ0) is 12.6. The summed E-state index contributed by atoms with van der Waals surface area (Å²) < 4.78 is 23.2. The molecule has 0 heterocycles. The molecule has 0 radical (unpaired) electrons. The quantitative estimate of drug-likeness (QED) is 0.636. The van der Waals surface area contributed by atoms with Gasteiger partial charge < -0.3 is 5.32 Å². The van der Waals surface area contributed by atoms with Gasteiger partial charge in [0, 0.05) is 0 Å². The molecule has 4 heteroatoms. The third-order valence-corrected chi connectivity index (χ3v) is 4.14. The SMILES string of the molecule is CC(C)CCS(=O)(=O)CCCNCC(C)C. The van der Waals surface area contributed by atoms with Crippen LogP contribution in [0.3, 0.4) is 0 Å². The Morgan fingerprint density at radius 1 is 1.00 bits per heavy atom. The molecule has 0 bridgehead atoms. The van der Waals surface area contributed by atoms with E-state index in [0.717, 1.165) is 25.9 Å². The van der Waals surface area contributed by atoms with Crippen LogP contribution in [0.25, 0.3) is 0 Å². The van der Waals surface area contributed by atoms with Gasteiger partial charge in [-0.25, -0.2) is 8.42 Å². The highest BCUT2D eigenvalue weighted by atomic mass is 32.2. The van der Waals surface area contributed by atoms with Crippen molar-refractivity contribution in [3.63, 3.8) is 0 Å². The highest BCUT2D eigenvalue weighted by Gasteiger charge is 2.10. The largest absolute Gasteiger partial charge is 0.316 e. The number of sulfone groups is 1. The van der Waals surface area contributed by atoms with Gasteiger partial charge in [0.25, 0.3) is 0 Å². The predicted octanol–water partition coefficient (Wildman–Crippen LogP) is 2.08. The van der Waals surface area contributed by atoms with E-state index in [1.54, 1.807) is 0 Å². The fourth-order valence-corrected chi connectivity index (χ4v) is 2.94. The van der Waals surface area contributed by atoms with E-state index in [0.29, 0.717) is 23.3 Å². The van der Waals surface area contributed by atoms with Crippen molar-refractivity contribution in [3.05, 3.63) is 0 Å². The van der Waals surface area contributed by atoms with E-state index >= 15 is 0 Å². The lowest BCUT2D eigenvalue weighted by Crippen LogP contribution is -2.23. The second kappa shape index (κ2) is 8.07. The third-order valence-electron chi connectivity index (χ3n) is 2.37. The monoisotopic (exact) mass is 249 g/mol. The van der Waals surface area contributed by atoms with E-state index in [9.17, 15) is 8.42 Å². The first-order chi connectivity index (χ1) is 7.33. The molecule has 0 aliphatic heterocycles. The van der Waals surface area contributed by atoms with Crippen molar-refractivity contribution in [2.45, 2.75) is 40.5 Å². The molecule has 0 aromatic heterocycles. The molecule has 0 rings (SSSR count). The summed E-state index contributed by atoms with van der Waals surface area (Å²) in [5, 5.41) is 3.26. The van der Waals surface area contributed by atoms with Crippen LogP contribution < -0.4 is 5.32 Å². The van der Waals surface area contributed by atoms with Gasteiger partial charge in [0.2, 0.25) is 0 Å². The molecule has 1 N–H and O–H groups in total. The lowest BCUT2D eigenvalue weighted by Gasteiger charge is -2.08. The maximum absolute atomic E-state index is 11.6. The zero-order valence-electron chi connectivity index (χ0n) is 11.1. The Bertz CT molecular complexity index is 258. The minimum atomic E-state index is -2.82. The molecule has 16 heavy (non-hydrogen) atoms. The Morgan fingerprint density at radius 3 is 2.12 bits per heavy atom. The summed E-state index contributed by atoms with van der Waals surface area (Å²) in [5.74, 6) is 1.76. The molecule has 0 spiro atoms. The average Bonchev–Trinajstić information content (AvgIpc) is 2.14. The van der Waals surface area contributed by atoms with Gasteiger partial charge in [-0.3, -0.25) is 0 Å². The molecule has 98 valence electrons. The normalized spacial score (nSPS) is 12.6. The van der Waals surface area contributed by atoms with E-state index in [1.807, 2.05) is 0 Å². The van der Waals surface area contributed by atoms with Crippen LogP contribution in [0.15, 0.2) is 0 Å². The lowest BCUT2D eigenvalue weighted by molar-refractivity contribution is 0.544. The molecule has 0 aliphatic carbocycles. The summed E-state index contributed by atoms with van der Waals surface area (Å²) in [6, 6.07) is 0. The summed E-state index contributed by atoms with van der Waals surface area (Å²) in [6.45, 7) is 10.2. The molecule has 0 amide bonds. The molecule has 0 fully saturated rings. The van der Waals surface area contributed by atoms with Gasteiger partial charge in [0.15, 0.2) is 0 Å². The summed E-state index contributed by atoms with van der Waals surface area (Å²) in [5.41, 5.74) is 0. The van der Waals surface area contributed by atoms with Crippen molar-refractivity contribution >= 4 is 9.84 Å². The lowest BCUT2D eigenvalue weighted by atomic mass is 10.2. The Morgan fingerprint density at radius 2 is 1.62 bits per heavy atom. The summed E-state index contributed by atoms with van der Waals surface area (Å²) in [6.07, 6.45) is 1.51. The van der Waals surface area contributed by atoms with Crippen LogP contribution >= 0.6 is 0 Å². The highest BCUT2D eigenvalue weighted by molar-refractivity contribution is 7.91. The standard InChI is InChI=1S/C12H27NO2S/c1-11(2)6-9-16(14,15)8-5-7-13-10-12(3)4/h11-13H,5-10H2,1-4H3. The van der Waals surface area contributed by atoms with Crippen LogP contribution in [-0.4, -0.2) is 33.0 Å². The van der Waals surface area contributed by atoms with Crippen molar-refractivity contribution in [3.8, 4) is 0 Å². The van der Waals surface area contributed by atoms with E-state index in [1.165, 1.54) is 0 Å². The Labute approximate surface area is 101 Å². The van der Waals surface area contributed by atoms with Crippen LogP contribution in [0.1, 0.15) is 40.5 Å². The first-order valence-electron chi connectivity index (χ1n) is 6.24. The van der Waals surface area contributed by atoms with Gasteiger partial charge in [-0.1, -0.05) is 27.7 Å². The van der Waals surface area contributed by atoms with Crippen LogP contribution in [0.4, 0.5) is 0 Å². The molecule has 0 aromatic rings. The molecular formula is C12H27NO2S. The molecule has 0 unspecified atom stereocenters.